The summed E-state index contributed by atoms with van der Waals surface area (Å²) in [6, 6.07) is 3.56. The number of hydrogen-bond donors (Lipinski definition) is 1. The molecule has 0 radical (unpaired) electrons. The molecular weight excluding hydrogens is 376 g/mol. The predicted molar refractivity (Wildman–Crippen MR) is 110 cm³/mol. The van der Waals surface area contributed by atoms with Crippen LogP contribution in [0.5, 0.6) is 17.2 Å². The van der Waals surface area contributed by atoms with E-state index in [1.165, 1.54) is 7.11 Å². The van der Waals surface area contributed by atoms with Crippen LogP contribution in [0.1, 0.15) is 40.0 Å². The zero-order valence-electron chi connectivity index (χ0n) is 18.1. The van der Waals surface area contributed by atoms with Gasteiger partial charge in [0, 0.05) is 24.7 Å². The summed E-state index contributed by atoms with van der Waals surface area (Å²) in [7, 11) is 4.62. The third-order valence-electron chi connectivity index (χ3n) is 4.90. The fourth-order valence-corrected chi connectivity index (χ4v) is 3.60. The number of benzene rings is 1. The molecule has 29 heavy (non-hydrogen) atoms. The van der Waals surface area contributed by atoms with E-state index in [0.29, 0.717) is 29.5 Å². The fourth-order valence-electron chi connectivity index (χ4n) is 3.60. The summed E-state index contributed by atoms with van der Waals surface area (Å²) in [5.74, 6) is 1.75. The Bertz CT molecular complexity index is 691. The third-order valence-corrected chi connectivity index (χ3v) is 4.90. The lowest BCUT2D eigenvalue weighted by Gasteiger charge is -2.26. The first-order valence-corrected chi connectivity index (χ1v) is 9.72. The summed E-state index contributed by atoms with van der Waals surface area (Å²) < 4.78 is 21.4. The SMILES string of the molecule is COc1cc(N(C=O)[C@@H]2CC[C@H](CNC(=O)OC(C)(C)C)C2)cc(OC)c1OC. The van der Waals surface area contributed by atoms with Crippen LogP contribution in [0.25, 0.3) is 0 Å². The molecule has 0 spiro atoms. The first-order valence-electron chi connectivity index (χ1n) is 9.72. The second-order valence-corrected chi connectivity index (χ2v) is 8.11. The van der Waals surface area contributed by atoms with Crippen molar-refractivity contribution in [2.75, 3.05) is 32.8 Å². The van der Waals surface area contributed by atoms with Gasteiger partial charge in [-0.3, -0.25) is 4.79 Å². The molecule has 8 nitrogen and oxygen atoms in total. The van der Waals surface area contributed by atoms with Crippen molar-refractivity contribution < 1.29 is 28.5 Å². The molecule has 2 rings (SSSR count). The smallest absolute Gasteiger partial charge is 0.407 e. The lowest BCUT2D eigenvalue weighted by Crippen LogP contribution is -2.36. The Labute approximate surface area is 172 Å². The number of methoxy groups -OCH3 is 3. The lowest BCUT2D eigenvalue weighted by atomic mass is 10.1. The Morgan fingerprint density at radius 2 is 1.76 bits per heavy atom. The number of rotatable bonds is 8. The molecule has 8 heteroatoms. The van der Waals surface area contributed by atoms with E-state index in [-0.39, 0.29) is 12.0 Å². The van der Waals surface area contributed by atoms with Crippen molar-refractivity contribution in [2.45, 2.75) is 51.7 Å². The van der Waals surface area contributed by atoms with Crippen LogP contribution in [0.4, 0.5) is 10.5 Å². The van der Waals surface area contributed by atoms with E-state index in [9.17, 15) is 9.59 Å². The molecule has 0 unspecified atom stereocenters. The van der Waals surface area contributed by atoms with Crippen molar-refractivity contribution in [1.82, 2.24) is 5.32 Å². The Balaban J connectivity index is 2.06. The highest BCUT2D eigenvalue weighted by Crippen LogP contribution is 2.42. The van der Waals surface area contributed by atoms with Crippen LogP contribution in [-0.2, 0) is 9.53 Å². The second kappa shape index (κ2) is 9.71. The van der Waals surface area contributed by atoms with Crippen molar-refractivity contribution >= 4 is 18.2 Å². The van der Waals surface area contributed by atoms with Crippen molar-refractivity contribution in [3.8, 4) is 17.2 Å². The maximum Gasteiger partial charge on any atom is 0.407 e. The van der Waals surface area contributed by atoms with Gasteiger partial charge in [-0.2, -0.15) is 0 Å². The van der Waals surface area contributed by atoms with Crippen LogP contribution in [-0.4, -0.2) is 52.0 Å². The second-order valence-electron chi connectivity index (χ2n) is 8.11. The summed E-state index contributed by atoms with van der Waals surface area (Å²) in [6.45, 7) is 6.01. The maximum absolute atomic E-state index is 11.9. The molecule has 2 amide bonds. The number of nitrogens with zero attached hydrogens (tertiary/aromatic N) is 1. The van der Waals surface area contributed by atoms with Gasteiger partial charge >= 0.3 is 6.09 Å². The normalized spacial score (nSPS) is 18.7. The molecule has 1 aromatic rings. The van der Waals surface area contributed by atoms with Gasteiger partial charge in [0.05, 0.1) is 27.0 Å². The standard InChI is InChI=1S/C21H32N2O6/c1-21(2,3)29-20(25)22-12-14-7-8-15(9-14)23(13-24)16-10-17(26-4)19(28-6)18(11-16)27-5/h10-11,13-15H,7-9,12H2,1-6H3,(H,22,25)/t14-,15+/m0/s1. The third kappa shape index (κ3) is 5.92. The first kappa shape index (κ1) is 22.6. The van der Waals surface area contributed by atoms with Crippen LogP contribution in [0.15, 0.2) is 12.1 Å². The molecule has 1 fully saturated rings. The molecule has 0 heterocycles. The molecular formula is C21H32N2O6. The number of hydrogen-bond acceptors (Lipinski definition) is 6. The van der Waals surface area contributed by atoms with Gasteiger partial charge in [0.25, 0.3) is 0 Å². The maximum atomic E-state index is 11.9. The molecule has 0 bridgehead atoms. The molecule has 0 aliphatic heterocycles. The summed E-state index contributed by atoms with van der Waals surface area (Å²) in [5, 5.41) is 2.83. The van der Waals surface area contributed by atoms with Gasteiger partial charge in [0.1, 0.15) is 5.60 Å². The Morgan fingerprint density at radius 3 is 2.24 bits per heavy atom. The fraction of sp³-hybridized carbons (Fsp3) is 0.619. The van der Waals surface area contributed by atoms with Crippen molar-refractivity contribution in [3.05, 3.63) is 12.1 Å². The van der Waals surface area contributed by atoms with Gasteiger partial charge < -0.3 is 29.2 Å². The van der Waals surface area contributed by atoms with E-state index in [0.717, 1.165) is 25.7 Å². The molecule has 0 saturated heterocycles. The van der Waals surface area contributed by atoms with Gasteiger partial charge in [0.15, 0.2) is 11.5 Å². The number of ether oxygens (including phenoxy) is 4. The van der Waals surface area contributed by atoms with E-state index in [4.69, 9.17) is 18.9 Å². The van der Waals surface area contributed by atoms with Crippen LogP contribution in [0.3, 0.4) is 0 Å². The van der Waals surface area contributed by atoms with Gasteiger partial charge in [-0.05, 0) is 46.0 Å². The molecule has 162 valence electrons. The highest BCUT2D eigenvalue weighted by molar-refractivity contribution is 5.79. The van der Waals surface area contributed by atoms with E-state index in [2.05, 4.69) is 5.32 Å². The topological polar surface area (TPSA) is 86.3 Å². The molecule has 1 aliphatic carbocycles. The van der Waals surface area contributed by atoms with Crippen molar-refractivity contribution in [3.63, 3.8) is 0 Å². The summed E-state index contributed by atoms with van der Waals surface area (Å²) in [4.78, 5) is 25.5. The summed E-state index contributed by atoms with van der Waals surface area (Å²) >= 11 is 0. The zero-order chi connectivity index (χ0) is 21.6. The Morgan fingerprint density at radius 1 is 1.14 bits per heavy atom. The molecule has 1 aliphatic rings. The first-order chi connectivity index (χ1) is 13.7. The lowest BCUT2D eigenvalue weighted by molar-refractivity contribution is -0.107. The van der Waals surface area contributed by atoms with Gasteiger partial charge in [-0.15, -0.1) is 0 Å². The predicted octanol–water partition coefficient (Wildman–Crippen LogP) is 3.37. The number of carbonyl (C=O) groups excluding carboxylic acids is 2. The largest absolute Gasteiger partial charge is 0.493 e. The average Bonchev–Trinajstić information content (AvgIpc) is 3.13. The molecule has 2 atom stereocenters. The molecule has 0 aromatic heterocycles. The van der Waals surface area contributed by atoms with Gasteiger partial charge in [0.2, 0.25) is 12.2 Å². The number of alkyl carbamates (subject to hydrolysis) is 1. The van der Waals surface area contributed by atoms with Crippen LogP contribution in [0, 0.1) is 5.92 Å². The monoisotopic (exact) mass is 408 g/mol. The average molecular weight is 408 g/mol. The molecule has 1 saturated carbocycles. The molecule has 1 N–H and O–H groups in total. The summed E-state index contributed by atoms with van der Waals surface area (Å²) in [5.41, 5.74) is 0.156. The minimum Gasteiger partial charge on any atom is -0.493 e. The van der Waals surface area contributed by atoms with Crippen LogP contribution in [0.2, 0.25) is 0 Å². The van der Waals surface area contributed by atoms with E-state index in [1.807, 2.05) is 20.8 Å². The summed E-state index contributed by atoms with van der Waals surface area (Å²) in [6.07, 6.45) is 2.95. The van der Waals surface area contributed by atoms with E-state index < -0.39 is 11.7 Å². The minimum atomic E-state index is -0.525. The number of nitrogens with one attached hydrogen (secondary N) is 1. The highest BCUT2D eigenvalue weighted by Gasteiger charge is 2.31. The number of anilines is 1. The van der Waals surface area contributed by atoms with Gasteiger partial charge in [-0.1, -0.05) is 0 Å². The number of amides is 2. The Kier molecular flexibility index (Phi) is 7.59. The van der Waals surface area contributed by atoms with Crippen molar-refractivity contribution in [1.29, 1.82) is 0 Å². The quantitative estimate of drug-likeness (QED) is 0.664. The van der Waals surface area contributed by atoms with Crippen molar-refractivity contribution in [2.24, 2.45) is 5.92 Å². The van der Waals surface area contributed by atoms with E-state index >= 15 is 0 Å². The highest BCUT2D eigenvalue weighted by atomic mass is 16.6. The zero-order valence-corrected chi connectivity index (χ0v) is 18.1. The number of carbonyl (C=O) groups is 2. The van der Waals surface area contributed by atoms with E-state index in [1.54, 1.807) is 31.3 Å². The van der Waals surface area contributed by atoms with Crippen LogP contribution >= 0.6 is 0 Å². The minimum absolute atomic E-state index is 0.0285. The Hall–Kier alpha value is -2.64. The van der Waals surface area contributed by atoms with Gasteiger partial charge in [-0.25, -0.2) is 4.79 Å². The van der Waals surface area contributed by atoms with Crippen LogP contribution < -0.4 is 24.4 Å². The molecule has 1 aromatic carbocycles.